The SMILES string of the molecule is CCCc1nc2ccccc2n1CC(C)CNC. The van der Waals surface area contributed by atoms with E-state index in [-0.39, 0.29) is 0 Å². The molecule has 1 aromatic heterocycles. The minimum absolute atomic E-state index is 0.614. The van der Waals surface area contributed by atoms with Crippen LogP contribution in [0.2, 0.25) is 0 Å². The Kier molecular flexibility index (Phi) is 4.37. The van der Waals surface area contributed by atoms with Gasteiger partial charge in [0.1, 0.15) is 5.82 Å². The summed E-state index contributed by atoms with van der Waals surface area (Å²) in [4.78, 5) is 4.76. The molecule has 0 radical (unpaired) electrons. The fraction of sp³-hybridized carbons (Fsp3) is 0.533. The minimum Gasteiger partial charge on any atom is -0.328 e. The molecular formula is C15H23N3. The molecule has 0 amide bonds. The van der Waals surface area contributed by atoms with Crippen LogP contribution in [0.5, 0.6) is 0 Å². The predicted molar refractivity (Wildman–Crippen MR) is 76.8 cm³/mol. The summed E-state index contributed by atoms with van der Waals surface area (Å²) in [6.45, 7) is 6.57. The molecule has 0 fully saturated rings. The number of hydrogen-bond acceptors (Lipinski definition) is 2. The lowest BCUT2D eigenvalue weighted by Gasteiger charge is -2.14. The van der Waals surface area contributed by atoms with E-state index in [1.165, 1.54) is 11.3 Å². The highest BCUT2D eigenvalue weighted by molar-refractivity contribution is 5.75. The average molecular weight is 245 g/mol. The van der Waals surface area contributed by atoms with Crippen LogP contribution in [0.15, 0.2) is 24.3 Å². The van der Waals surface area contributed by atoms with E-state index in [1.807, 2.05) is 7.05 Å². The van der Waals surface area contributed by atoms with Crippen molar-refractivity contribution in [2.75, 3.05) is 13.6 Å². The second-order valence-corrected chi connectivity index (χ2v) is 5.04. The van der Waals surface area contributed by atoms with Crippen LogP contribution in [-0.4, -0.2) is 23.1 Å². The molecule has 1 atom stereocenters. The Labute approximate surface area is 109 Å². The van der Waals surface area contributed by atoms with Gasteiger partial charge < -0.3 is 9.88 Å². The number of rotatable bonds is 6. The molecule has 0 aliphatic rings. The van der Waals surface area contributed by atoms with Crippen LogP contribution in [0.1, 0.15) is 26.1 Å². The normalized spacial score (nSPS) is 13.1. The van der Waals surface area contributed by atoms with Crippen molar-refractivity contribution in [1.29, 1.82) is 0 Å². The van der Waals surface area contributed by atoms with E-state index in [9.17, 15) is 0 Å². The van der Waals surface area contributed by atoms with E-state index in [1.54, 1.807) is 0 Å². The Morgan fingerprint density at radius 2 is 2.11 bits per heavy atom. The van der Waals surface area contributed by atoms with E-state index < -0.39 is 0 Å². The Morgan fingerprint density at radius 3 is 2.83 bits per heavy atom. The summed E-state index contributed by atoms with van der Waals surface area (Å²) in [6.07, 6.45) is 2.20. The van der Waals surface area contributed by atoms with Gasteiger partial charge in [-0.15, -0.1) is 0 Å². The second kappa shape index (κ2) is 6.01. The van der Waals surface area contributed by atoms with Crippen LogP contribution < -0.4 is 5.32 Å². The lowest BCUT2D eigenvalue weighted by Crippen LogP contribution is -2.21. The van der Waals surface area contributed by atoms with Crippen molar-refractivity contribution in [3.05, 3.63) is 30.1 Å². The largest absolute Gasteiger partial charge is 0.328 e. The monoisotopic (exact) mass is 245 g/mol. The highest BCUT2D eigenvalue weighted by atomic mass is 15.1. The van der Waals surface area contributed by atoms with Gasteiger partial charge in [0.25, 0.3) is 0 Å². The molecule has 0 aliphatic carbocycles. The molecule has 3 heteroatoms. The maximum Gasteiger partial charge on any atom is 0.109 e. The summed E-state index contributed by atoms with van der Waals surface area (Å²) in [7, 11) is 2.01. The number of imidazole rings is 1. The van der Waals surface area contributed by atoms with Gasteiger partial charge in [-0.2, -0.15) is 0 Å². The Bertz CT molecular complexity index is 501. The van der Waals surface area contributed by atoms with Gasteiger partial charge in [0.05, 0.1) is 11.0 Å². The molecule has 1 unspecified atom stereocenters. The molecule has 3 nitrogen and oxygen atoms in total. The smallest absolute Gasteiger partial charge is 0.109 e. The van der Waals surface area contributed by atoms with Gasteiger partial charge in [-0.05, 0) is 38.1 Å². The molecule has 0 aliphatic heterocycles. The maximum absolute atomic E-state index is 4.76. The number of aryl methyl sites for hydroxylation is 1. The quantitative estimate of drug-likeness (QED) is 0.848. The molecule has 1 heterocycles. The molecule has 18 heavy (non-hydrogen) atoms. The van der Waals surface area contributed by atoms with E-state index in [0.29, 0.717) is 5.92 Å². The summed E-state index contributed by atoms with van der Waals surface area (Å²) in [6, 6.07) is 8.44. The number of hydrogen-bond donors (Lipinski definition) is 1. The van der Waals surface area contributed by atoms with Crippen LogP contribution in [0.3, 0.4) is 0 Å². The zero-order valence-electron chi connectivity index (χ0n) is 11.6. The molecule has 2 aromatic rings. The molecule has 1 N–H and O–H groups in total. The van der Waals surface area contributed by atoms with Crippen molar-refractivity contribution in [1.82, 2.24) is 14.9 Å². The summed E-state index contributed by atoms with van der Waals surface area (Å²) < 4.78 is 2.39. The molecule has 98 valence electrons. The second-order valence-electron chi connectivity index (χ2n) is 5.04. The van der Waals surface area contributed by atoms with Crippen LogP contribution in [0.25, 0.3) is 11.0 Å². The van der Waals surface area contributed by atoms with Crippen LogP contribution >= 0.6 is 0 Å². The summed E-state index contributed by atoms with van der Waals surface area (Å²) in [5.41, 5.74) is 2.39. The Hall–Kier alpha value is -1.35. The van der Waals surface area contributed by atoms with Gasteiger partial charge in [0, 0.05) is 13.0 Å². The van der Waals surface area contributed by atoms with Crippen LogP contribution in [-0.2, 0) is 13.0 Å². The fourth-order valence-corrected chi connectivity index (χ4v) is 2.47. The lowest BCUT2D eigenvalue weighted by molar-refractivity contribution is 0.459. The number of para-hydroxylation sites is 2. The minimum atomic E-state index is 0.614. The van der Waals surface area contributed by atoms with E-state index >= 15 is 0 Å². The topological polar surface area (TPSA) is 29.9 Å². The van der Waals surface area contributed by atoms with Crippen molar-refractivity contribution in [3.63, 3.8) is 0 Å². The van der Waals surface area contributed by atoms with E-state index in [0.717, 1.165) is 31.4 Å². The molecule has 0 bridgehead atoms. The number of aromatic nitrogens is 2. The first-order valence-corrected chi connectivity index (χ1v) is 6.85. The first kappa shape index (κ1) is 13.1. The first-order chi connectivity index (χ1) is 8.76. The van der Waals surface area contributed by atoms with Crippen molar-refractivity contribution in [2.24, 2.45) is 5.92 Å². The van der Waals surface area contributed by atoms with Crippen molar-refractivity contribution < 1.29 is 0 Å². The number of benzene rings is 1. The molecule has 0 saturated heterocycles. The Balaban J connectivity index is 2.35. The molecule has 0 saturated carbocycles. The van der Waals surface area contributed by atoms with E-state index in [4.69, 9.17) is 4.98 Å². The molecule has 0 spiro atoms. The lowest BCUT2D eigenvalue weighted by atomic mass is 10.1. The first-order valence-electron chi connectivity index (χ1n) is 6.85. The highest BCUT2D eigenvalue weighted by Gasteiger charge is 2.11. The van der Waals surface area contributed by atoms with Gasteiger partial charge in [-0.3, -0.25) is 0 Å². The van der Waals surface area contributed by atoms with Gasteiger partial charge in [0.15, 0.2) is 0 Å². The third kappa shape index (κ3) is 2.72. The third-order valence-corrected chi connectivity index (χ3v) is 3.25. The van der Waals surface area contributed by atoms with Crippen molar-refractivity contribution in [3.8, 4) is 0 Å². The van der Waals surface area contributed by atoms with Crippen LogP contribution in [0.4, 0.5) is 0 Å². The maximum atomic E-state index is 4.76. The average Bonchev–Trinajstić information content (AvgIpc) is 2.69. The summed E-state index contributed by atoms with van der Waals surface area (Å²) >= 11 is 0. The van der Waals surface area contributed by atoms with Gasteiger partial charge >= 0.3 is 0 Å². The predicted octanol–water partition coefficient (Wildman–Crippen LogP) is 2.84. The Morgan fingerprint density at radius 1 is 1.33 bits per heavy atom. The highest BCUT2D eigenvalue weighted by Crippen LogP contribution is 2.18. The van der Waals surface area contributed by atoms with Crippen molar-refractivity contribution in [2.45, 2.75) is 33.2 Å². The van der Waals surface area contributed by atoms with Crippen LogP contribution in [0, 0.1) is 5.92 Å². The van der Waals surface area contributed by atoms with Gasteiger partial charge in [-0.25, -0.2) is 4.98 Å². The standard InChI is InChI=1S/C15H23N3/c1-4-7-15-17-13-8-5-6-9-14(13)18(15)11-12(2)10-16-3/h5-6,8-9,12,16H,4,7,10-11H2,1-3H3. The number of fused-ring (bicyclic) bond motifs is 1. The summed E-state index contributed by atoms with van der Waals surface area (Å²) in [5, 5.41) is 3.25. The fourth-order valence-electron chi connectivity index (χ4n) is 2.47. The molecular weight excluding hydrogens is 222 g/mol. The molecule has 1 aromatic carbocycles. The van der Waals surface area contributed by atoms with Gasteiger partial charge in [0.2, 0.25) is 0 Å². The molecule has 2 rings (SSSR count). The number of nitrogens with zero attached hydrogens (tertiary/aromatic N) is 2. The number of nitrogens with one attached hydrogen (secondary N) is 1. The van der Waals surface area contributed by atoms with Gasteiger partial charge in [-0.1, -0.05) is 26.0 Å². The third-order valence-electron chi connectivity index (χ3n) is 3.25. The summed E-state index contributed by atoms with van der Waals surface area (Å²) in [5.74, 6) is 1.84. The van der Waals surface area contributed by atoms with Crippen molar-refractivity contribution >= 4 is 11.0 Å². The zero-order chi connectivity index (χ0) is 13.0. The zero-order valence-corrected chi connectivity index (χ0v) is 11.6. The van der Waals surface area contributed by atoms with E-state index in [2.05, 4.69) is 48.0 Å².